The van der Waals surface area contributed by atoms with Crippen molar-refractivity contribution in [3.05, 3.63) is 57.5 Å². The molecule has 1 aliphatic rings. The summed E-state index contributed by atoms with van der Waals surface area (Å²) in [5.41, 5.74) is -1.16. The minimum absolute atomic E-state index is 0.110. The molecule has 0 saturated carbocycles. The summed E-state index contributed by atoms with van der Waals surface area (Å²) < 4.78 is 19.8. The molecule has 8 heteroatoms. The second-order valence-electron chi connectivity index (χ2n) is 6.49. The predicted octanol–water partition coefficient (Wildman–Crippen LogP) is 1.58. The number of nitrogens with one attached hydrogen (secondary N) is 1. The van der Waals surface area contributed by atoms with Crippen LogP contribution >= 0.6 is 0 Å². The molecule has 1 atom stereocenters. The second-order valence-corrected chi connectivity index (χ2v) is 6.49. The summed E-state index contributed by atoms with van der Waals surface area (Å²) in [4.78, 5) is 29.0. The Balaban J connectivity index is 1.88. The first-order valence-electron chi connectivity index (χ1n) is 8.29. The third-order valence-electron chi connectivity index (χ3n) is 4.54. The van der Waals surface area contributed by atoms with E-state index < -0.39 is 22.8 Å². The Kier molecular flexibility index (Phi) is 4.78. The van der Waals surface area contributed by atoms with Gasteiger partial charge < -0.3 is 15.2 Å². The molecule has 1 unspecified atom stereocenters. The van der Waals surface area contributed by atoms with Gasteiger partial charge in [-0.3, -0.25) is 14.2 Å². The highest BCUT2D eigenvalue weighted by atomic mass is 19.1. The zero-order chi connectivity index (χ0) is 18.9. The van der Waals surface area contributed by atoms with Crippen LogP contribution < -0.4 is 10.9 Å². The Morgan fingerprint density at radius 1 is 1.42 bits per heavy atom. The fraction of sp³-hybridized carbons (Fsp3) is 0.389. The Bertz CT molecular complexity index is 887. The van der Waals surface area contributed by atoms with Gasteiger partial charge in [0.25, 0.3) is 11.5 Å². The van der Waals surface area contributed by atoms with Crippen molar-refractivity contribution in [1.82, 2.24) is 14.9 Å². The fourth-order valence-electron chi connectivity index (χ4n) is 3.05. The van der Waals surface area contributed by atoms with Gasteiger partial charge in [-0.25, -0.2) is 9.37 Å². The average molecular weight is 361 g/mol. The van der Waals surface area contributed by atoms with E-state index in [0.29, 0.717) is 24.4 Å². The van der Waals surface area contributed by atoms with Gasteiger partial charge in [0.05, 0.1) is 0 Å². The highest BCUT2D eigenvalue weighted by molar-refractivity contribution is 5.94. The Hall–Kier alpha value is -2.74. The smallest absolute Gasteiger partial charge is 0.296 e. The number of carbonyl (C=O) groups is 1. The lowest BCUT2D eigenvalue weighted by Gasteiger charge is -2.25. The van der Waals surface area contributed by atoms with E-state index in [1.54, 1.807) is 6.92 Å². The summed E-state index contributed by atoms with van der Waals surface area (Å²) in [6.07, 6.45) is 1.48. The molecule has 26 heavy (non-hydrogen) atoms. The molecule has 1 aliphatic heterocycles. The second kappa shape index (κ2) is 6.87. The minimum atomic E-state index is -0.784. The summed E-state index contributed by atoms with van der Waals surface area (Å²) >= 11 is 0. The number of carbonyl (C=O) groups excluding carboxylic acids is 1. The van der Waals surface area contributed by atoms with E-state index in [1.807, 2.05) is 0 Å². The van der Waals surface area contributed by atoms with E-state index in [4.69, 9.17) is 4.74 Å². The SMILES string of the molecule is Cn1c(C2(C)CCCO2)nc(C(=O)NCc2ccc(F)cc2)c(O)c1=O. The van der Waals surface area contributed by atoms with Crippen molar-refractivity contribution >= 4 is 5.91 Å². The molecular formula is C18H20FN3O4. The molecule has 1 saturated heterocycles. The van der Waals surface area contributed by atoms with Crippen LogP contribution in [-0.4, -0.2) is 27.2 Å². The predicted molar refractivity (Wildman–Crippen MR) is 91.3 cm³/mol. The molecule has 1 amide bonds. The molecule has 0 spiro atoms. The zero-order valence-electron chi connectivity index (χ0n) is 14.6. The first-order chi connectivity index (χ1) is 12.3. The number of halogens is 1. The molecule has 3 rings (SSSR count). The zero-order valence-corrected chi connectivity index (χ0v) is 14.6. The molecule has 7 nitrogen and oxygen atoms in total. The van der Waals surface area contributed by atoms with Crippen LogP contribution in [0.25, 0.3) is 0 Å². The van der Waals surface area contributed by atoms with Crippen molar-refractivity contribution in [2.45, 2.75) is 31.9 Å². The van der Waals surface area contributed by atoms with Crippen molar-refractivity contribution in [3.8, 4) is 5.75 Å². The van der Waals surface area contributed by atoms with E-state index in [2.05, 4.69) is 10.3 Å². The molecule has 0 radical (unpaired) electrons. The topological polar surface area (TPSA) is 93.5 Å². The maximum atomic E-state index is 12.9. The van der Waals surface area contributed by atoms with Crippen molar-refractivity contribution in [2.75, 3.05) is 6.61 Å². The Morgan fingerprint density at radius 3 is 2.73 bits per heavy atom. The highest BCUT2D eigenvalue weighted by Crippen LogP contribution is 2.34. The first kappa shape index (κ1) is 18.1. The number of nitrogens with zero attached hydrogens (tertiary/aromatic N) is 2. The number of amides is 1. The van der Waals surface area contributed by atoms with Crippen LogP contribution in [0.3, 0.4) is 0 Å². The first-order valence-corrected chi connectivity index (χ1v) is 8.29. The van der Waals surface area contributed by atoms with Crippen LogP contribution in [0.1, 0.15) is 41.6 Å². The summed E-state index contributed by atoms with van der Waals surface area (Å²) in [6.45, 7) is 2.46. The lowest BCUT2D eigenvalue weighted by molar-refractivity contribution is 0.00569. The number of ether oxygens (including phenoxy) is 1. The molecule has 1 fully saturated rings. The van der Waals surface area contributed by atoms with Crippen LogP contribution in [0.2, 0.25) is 0 Å². The maximum Gasteiger partial charge on any atom is 0.296 e. The van der Waals surface area contributed by atoms with Crippen molar-refractivity contribution in [2.24, 2.45) is 7.05 Å². The molecule has 0 bridgehead atoms. The fourth-order valence-corrected chi connectivity index (χ4v) is 3.05. The van der Waals surface area contributed by atoms with Crippen molar-refractivity contribution < 1.29 is 19.0 Å². The molecular weight excluding hydrogens is 341 g/mol. The van der Waals surface area contributed by atoms with E-state index in [0.717, 1.165) is 6.42 Å². The molecule has 2 heterocycles. The molecule has 1 aromatic heterocycles. The molecule has 2 N–H and O–H groups in total. The number of aromatic nitrogens is 2. The highest BCUT2D eigenvalue weighted by Gasteiger charge is 2.37. The van der Waals surface area contributed by atoms with E-state index in [9.17, 15) is 19.1 Å². The summed E-state index contributed by atoms with van der Waals surface area (Å²) in [5, 5.41) is 12.7. The van der Waals surface area contributed by atoms with Gasteiger partial charge in [0, 0.05) is 20.2 Å². The Morgan fingerprint density at radius 2 is 2.12 bits per heavy atom. The molecule has 138 valence electrons. The number of hydrogen-bond acceptors (Lipinski definition) is 5. The summed E-state index contributed by atoms with van der Waals surface area (Å²) in [6, 6.07) is 5.63. The number of rotatable bonds is 4. The van der Waals surface area contributed by atoms with Gasteiger partial charge in [-0.2, -0.15) is 0 Å². The van der Waals surface area contributed by atoms with Crippen LogP contribution in [0.15, 0.2) is 29.1 Å². The number of benzene rings is 1. The lowest BCUT2D eigenvalue weighted by Crippen LogP contribution is -2.36. The molecule has 0 aliphatic carbocycles. The summed E-state index contributed by atoms with van der Waals surface area (Å²) in [5.74, 6) is -1.48. The Labute approximate surface area is 149 Å². The normalized spacial score (nSPS) is 19.5. The van der Waals surface area contributed by atoms with Gasteiger partial charge in [-0.15, -0.1) is 0 Å². The van der Waals surface area contributed by atoms with Gasteiger partial charge in [0.15, 0.2) is 5.69 Å². The van der Waals surface area contributed by atoms with Gasteiger partial charge in [-0.1, -0.05) is 12.1 Å². The van der Waals surface area contributed by atoms with Crippen LogP contribution in [0.4, 0.5) is 4.39 Å². The maximum absolute atomic E-state index is 12.9. The van der Waals surface area contributed by atoms with E-state index in [-0.39, 0.29) is 18.1 Å². The minimum Gasteiger partial charge on any atom is -0.501 e. The van der Waals surface area contributed by atoms with Crippen LogP contribution in [-0.2, 0) is 23.9 Å². The van der Waals surface area contributed by atoms with Gasteiger partial charge in [0.1, 0.15) is 17.2 Å². The standard InChI is InChI=1S/C18H20FN3O4/c1-18(8-3-9-26-18)17-21-13(14(23)16(25)22(17)2)15(24)20-10-11-4-6-12(19)7-5-11/h4-7,23H,3,8-10H2,1-2H3,(H,20,24). The quantitative estimate of drug-likeness (QED) is 0.862. The lowest BCUT2D eigenvalue weighted by atomic mass is 10.0. The van der Waals surface area contributed by atoms with Crippen molar-refractivity contribution in [1.29, 1.82) is 0 Å². The third kappa shape index (κ3) is 3.32. The van der Waals surface area contributed by atoms with E-state index in [1.165, 1.54) is 35.9 Å². The summed E-state index contributed by atoms with van der Waals surface area (Å²) in [7, 11) is 1.48. The third-order valence-corrected chi connectivity index (χ3v) is 4.54. The van der Waals surface area contributed by atoms with Gasteiger partial charge in [-0.05, 0) is 37.5 Å². The largest absolute Gasteiger partial charge is 0.501 e. The van der Waals surface area contributed by atoms with Crippen LogP contribution in [0.5, 0.6) is 5.75 Å². The average Bonchev–Trinajstić information content (AvgIpc) is 3.06. The monoisotopic (exact) mass is 361 g/mol. The number of aromatic hydroxyl groups is 1. The van der Waals surface area contributed by atoms with Crippen molar-refractivity contribution in [3.63, 3.8) is 0 Å². The molecule has 2 aromatic rings. The van der Waals surface area contributed by atoms with Gasteiger partial charge >= 0.3 is 0 Å². The molecule has 1 aromatic carbocycles. The van der Waals surface area contributed by atoms with Crippen LogP contribution in [0, 0.1) is 5.82 Å². The number of hydrogen-bond donors (Lipinski definition) is 2. The van der Waals surface area contributed by atoms with Gasteiger partial charge in [0.2, 0.25) is 5.75 Å². The van der Waals surface area contributed by atoms with E-state index >= 15 is 0 Å².